The van der Waals surface area contributed by atoms with E-state index in [-0.39, 0.29) is 5.92 Å². The average molecular weight is 113 g/mol. The maximum absolute atomic E-state index is 8.90. The molecule has 0 aliphatic carbocycles. The minimum Gasteiger partial charge on any atom is -0.392 e. The molecule has 0 radical (unpaired) electrons. The number of hydrogen-bond donors (Lipinski definition) is 1. The first kappa shape index (κ1) is 7.45. The minimum absolute atomic E-state index is 0.222. The highest BCUT2D eigenvalue weighted by Crippen LogP contribution is 2.03. The standard InChI is InChI=1S/C6H11NO/c1-3-6(8)5(2)4-7/h5-6,8H,3H2,1-2H3/t5-,6+/m0/s1. The lowest BCUT2D eigenvalue weighted by molar-refractivity contribution is 0.136. The van der Waals surface area contributed by atoms with Crippen LogP contribution >= 0.6 is 0 Å². The van der Waals surface area contributed by atoms with Crippen molar-refractivity contribution in [2.45, 2.75) is 26.4 Å². The molecule has 0 bridgehead atoms. The van der Waals surface area contributed by atoms with Gasteiger partial charge in [0.25, 0.3) is 0 Å². The van der Waals surface area contributed by atoms with Gasteiger partial charge in [-0.1, -0.05) is 6.92 Å². The van der Waals surface area contributed by atoms with Gasteiger partial charge in [-0.2, -0.15) is 5.26 Å². The zero-order valence-corrected chi connectivity index (χ0v) is 5.26. The highest BCUT2D eigenvalue weighted by atomic mass is 16.3. The van der Waals surface area contributed by atoms with Gasteiger partial charge in [-0.15, -0.1) is 0 Å². The Morgan fingerprint density at radius 1 is 1.75 bits per heavy atom. The van der Waals surface area contributed by atoms with Crippen LogP contribution in [-0.4, -0.2) is 11.2 Å². The maximum Gasteiger partial charge on any atom is 0.0694 e. The van der Waals surface area contributed by atoms with E-state index in [0.717, 1.165) is 0 Å². The summed E-state index contributed by atoms with van der Waals surface area (Å²) in [5.74, 6) is -0.222. The monoisotopic (exact) mass is 113 g/mol. The average Bonchev–Trinajstić information content (AvgIpc) is 1.84. The van der Waals surface area contributed by atoms with Crippen LogP contribution in [0.25, 0.3) is 0 Å². The molecule has 2 heteroatoms. The quantitative estimate of drug-likeness (QED) is 0.578. The van der Waals surface area contributed by atoms with Crippen molar-refractivity contribution in [1.82, 2.24) is 0 Å². The van der Waals surface area contributed by atoms with Crippen molar-refractivity contribution in [3.8, 4) is 6.07 Å². The lowest BCUT2D eigenvalue weighted by atomic mass is 10.1. The number of nitriles is 1. The first-order valence-electron chi connectivity index (χ1n) is 2.80. The van der Waals surface area contributed by atoms with Crippen molar-refractivity contribution in [2.24, 2.45) is 5.92 Å². The molecule has 0 amide bonds. The zero-order chi connectivity index (χ0) is 6.57. The molecule has 0 unspecified atom stereocenters. The number of aliphatic hydroxyl groups excluding tert-OH is 1. The zero-order valence-electron chi connectivity index (χ0n) is 5.26. The third kappa shape index (κ3) is 1.94. The summed E-state index contributed by atoms with van der Waals surface area (Å²) >= 11 is 0. The number of aliphatic hydroxyl groups is 1. The van der Waals surface area contributed by atoms with Crippen LogP contribution in [0.2, 0.25) is 0 Å². The smallest absolute Gasteiger partial charge is 0.0694 e. The minimum atomic E-state index is -0.444. The van der Waals surface area contributed by atoms with E-state index in [1.807, 2.05) is 13.0 Å². The van der Waals surface area contributed by atoms with E-state index in [1.54, 1.807) is 6.92 Å². The predicted octanol–water partition coefficient (Wildman–Crippen LogP) is 0.917. The van der Waals surface area contributed by atoms with Crippen LogP contribution in [0.4, 0.5) is 0 Å². The lowest BCUT2D eigenvalue weighted by Crippen LogP contribution is -2.13. The summed E-state index contributed by atoms with van der Waals surface area (Å²) in [6, 6.07) is 1.97. The van der Waals surface area contributed by atoms with Crippen LogP contribution in [0.3, 0.4) is 0 Å². The van der Waals surface area contributed by atoms with Gasteiger partial charge < -0.3 is 5.11 Å². The van der Waals surface area contributed by atoms with Crippen LogP contribution < -0.4 is 0 Å². The van der Waals surface area contributed by atoms with E-state index < -0.39 is 6.10 Å². The van der Waals surface area contributed by atoms with Gasteiger partial charge in [0.2, 0.25) is 0 Å². The molecule has 0 heterocycles. The molecule has 46 valence electrons. The van der Waals surface area contributed by atoms with Crippen LogP contribution in [-0.2, 0) is 0 Å². The van der Waals surface area contributed by atoms with E-state index in [9.17, 15) is 0 Å². The topological polar surface area (TPSA) is 44.0 Å². The third-order valence-corrected chi connectivity index (χ3v) is 1.20. The fraction of sp³-hybridized carbons (Fsp3) is 0.833. The first-order valence-corrected chi connectivity index (χ1v) is 2.80. The molecule has 0 rings (SSSR count). The molecule has 0 aromatic heterocycles. The number of hydrogen-bond acceptors (Lipinski definition) is 2. The molecule has 0 aliphatic heterocycles. The molecule has 2 atom stereocenters. The molecule has 0 saturated carbocycles. The van der Waals surface area contributed by atoms with E-state index >= 15 is 0 Å². The van der Waals surface area contributed by atoms with E-state index in [4.69, 9.17) is 10.4 Å². The Balaban J connectivity index is 3.49. The van der Waals surface area contributed by atoms with E-state index in [0.29, 0.717) is 6.42 Å². The fourth-order valence-corrected chi connectivity index (χ4v) is 0.440. The van der Waals surface area contributed by atoms with Gasteiger partial charge in [-0.3, -0.25) is 0 Å². The SMILES string of the molecule is CC[C@@H](O)[C@@H](C)C#N. The molecule has 0 fully saturated rings. The molecular formula is C6H11NO. The highest BCUT2D eigenvalue weighted by Gasteiger charge is 2.08. The fourth-order valence-electron chi connectivity index (χ4n) is 0.440. The second kappa shape index (κ2) is 3.45. The summed E-state index contributed by atoms with van der Waals surface area (Å²) in [5, 5.41) is 17.1. The van der Waals surface area contributed by atoms with Crippen LogP contribution in [0.15, 0.2) is 0 Å². The third-order valence-electron chi connectivity index (χ3n) is 1.20. The highest BCUT2D eigenvalue weighted by molar-refractivity contribution is 4.83. The summed E-state index contributed by atoms with van der Waals surface area (Å²) in [6.45, 7) is 3.58. The largest absolute Gasteiger partial charge is 0.392 e. The molecule has 0 spiro atoms. The molecule has 0 aromatic carbocycles. The normalized spacial score (nSPS) is 16.8. The summed E-state index contributed by atoms with van der Waals surface area (Å²) in [6.07, 6.45) is 0.217. The van der Waals surface area contributed by atoms with Gasteiger partial charge in [0, 0.05) is 0 Å². The Morgan fingerprint density at radius 3 is 2.38 bits per heavy atom. The summed E-state index contributed by atoms with van der Waals surface area (Å²) < 4.78 is 0. The Morgan fingerprint density at radius 2 is 2.25 bits per heavy atom. The molecule has 8 heavy (non-hydrogen) atoms. The summed E-state index contributed by atoms with van der Waals surface area (Å²) in [5.41, 5.74) is 0. The van der Waals surface area contributed by atoms with Crippen LogP contribution in [0.1, 0.15) is 20.3 Å². The van der Waals surface area contributed by atoms with Gasteiger partial charge in [0.05, 0.1) is 18.1 Å². The molecule has 1 N–H and O–H groups in total. The summed E-state index contributed by atoms with van der Waals surface area (Å²) in [7, 11) is 0. The Bertz CT molecular complexity index is 95.2. The van der Waals surface area contributed by atoms with Crippen molar-refractivity contribution >= 4 is 0 Å². The Labute approximate surface area is 49.8 Å². The van der Waals surface area contributed by atoms with Crippen molar-refractivity contribution in [2.75, 3.05) is 0 Å². The van der Waals surface area contributed by atoms with Gasteiger partial charge in [-0.05, 0) is 13.3 Å². The van der Waals surface area contributed by atoms with E-state index in [1.165, 1.54) is 0 Å². The number of rotatable bonds is 2. The van der Waals surface area contributed by atoms with Crippen LogP contribution in [0.5, 0.6) is 0 Å². The predicted molar refractivity (Wildman–Crippen MR) is 31.1 cm³/mol. The maximum atomic E-state index is 8.90. The first-order chi connectivity index (χ1) is 3.72. The molecule has 2 nitrogen and oxygen atoms in total. The van der Waals surface area contributed by atoms with Crippen molar-refractivity contribution in [3.63, 3.8) is 0 Å². The lowest BCUT2D eigenvalue weighted by Gasteiger charge is -2.06. The molecular weight excluding hydrogens is 102 g/mol. The molecule has 0 aromatic rings. The second-order valence-electron chi connectivity index (χ2n) is 1.89. The van der Waals surface area contributed by atoms with Gasteiger partial charge in [0.1, 0.15) is 0 Å². The Hall–Kier alpha value is -0.550. The van der Waals surface area contributed by atoms with Crippen molar-refractivity contribution in [1.29, 1.82) is 5.26 Å². The second-order valence-corrected chi connectivity index (χ2v) is 1.89. The Kier molecular flexibility index (Phi) is 3.21. The summed E-state index contributed by atoms with van der Waals surface area (Å²) in [4.78, 5) is 0. The molecule has 0 saturated heterocycles. The van der Waals surface area contributed by atoms with Gasteiger partial charge in [0.15, 0.2) is 0 Å². The number of nitrogens with zero attached hydrogens (tertiary/aromatic N) is 1. The van der Waals surface area contributed by atoms with Gasteiger partial charge in [-0.25, -0.2) is 0 Å². The molecule has 0 aliphatic rings. The van der Waals surface area contributed by atoms with Crippen molar-refractivity contribution < 1.29 is 5.11 Å². The van der Waals surface area contributed by atoms with Crippen molar-refractivity contribution in [3.05, 3.63) is 0 Å². The van der Waals surface area contributed by atoms with Gasteiger partial charge >= 0.3 is 0 Å². The van der Waals surface area contributed by atoms with Crippen LogP contribution in [0, 0.1) is 17.2 Å². The van der Waals surface area contributed by atoms with E-state index in [2.05, 4.69) is 0 Å².